The van der Waals surface area contributed by atoms with Crippen LogP contribution in [0, 0.1) is 10.7 Å². The summed E-state index contributed by atoms with van der Waals surface area (Å²) in [5.74, 6) is 0.910. The molecule has 0 atom stereocenters. The number of benzene rings is 2. The molecule has 5 heteroatoms. The molecule has 2 aromatic carbocycles. The summed E-state index contributed by atoms with van der Waals surface area (Å²) in [7, 11) is 1.95. The molecule has 0 aliphatic rings. The maximum atomic E-state index is 5.40. The summed E-state index contributed by atoms with van der Waals surface area (Å²) >= 11 is 2.18. The Kier molecular flexibility index (Phi) is 6.05. The van der Waals surface area contributed by atoms with Crippen molar-refractivity contribution in [2.75, 3.05) is 0 Å². The van der Waals surface area contributed by atoms with Crippen LogP contribution in [-0.4, -0.2) is 14.8 Å². The van der Waals surface area contributed by atoms with Crippen molar-refractivity contribution in [3.8, 4) is 11.4 Å². The van der Waals surface area contributed by atoms with Crippen LogP contribution < -0.4 is 5.73 Å². The summed E-state index contributed by atoms with van der Waals surface area (Å²) in [6.45, 7) is 2.71. The third kappa shape index (κ3) is 4.62. The van der Waals surface area contributed by atoms with Gasteiger partial charge in [0.15, 0.2) is 0 Å². The first kappa shape index (κ1) is 16.6. The van der Waals surface area contributed by atoms with Crippen molar-refractivity contribution in [1.29, 1.82) is 0 Å². The SMILES string of the molecule is Cc1ccc(CN)cc1.Cn1[nH]c(-c2ccccc2)n[c]1=[Pt]. The second-order valence-corrected chi connectivity index (χ2v) is 5.94. The summed E-state index contributed by atoms with van der Waals surface area (Å²) < 4.78 is 2.85. The molecule has 0 amide bonds. The number of nitrogens with one attached hydrogen (secondary N) is 1. The van der Waals surface area contributed by atoms with Gasteiger partial charge in [0, 0.05) is 6.54 Å². The number of aromatic nitrogens is 3. The van der Waals surface area contributed by atoms with Crippen LogP contribution in [0.2, 0.25) is 0 Å². The van der Waals surface area contributed by atoms with Crippen molar-refractivity contribution < 1.29 is 19.4 Å². The molecule has 0 aliphatic carbocycles. The average molecular weight is 475 g/mol. The van der Waals surface area contributed by atoms with Gasteiger partial charge in [-0.25, -0.2) is 0 Å². The zero-order valence-electron chi connectivity index (χ0n) is 12.7. The van der Waals surface area contributed by atoms with Crippen molar-refractivity contribution in [2.45, 2.75) is 13.5 Å². The number of H-pyrrole nitrogens is 1. The Labute approximate surface area is 141 Å². The fourth-order valence-electron chi connectivity index (χ4n) is 1.84. The van der Waals surface area contributed by atoms with Crippen LogP contribution in [0.25, 0.3) is 11.4 Å². The summed E-state index contributed by atoms with van der Waals surface area (Å²) in [5.41, 5.74) is 8.99. The third-order valence-electron chi connectivity index (χ3n) is 3.13. The predicted octanol–water partition coefficient (Wildman–Crippen LogP) is 2.95. The summed E-state index contributed by atoms with van der Waals surface area (Å²) in [6.07, 6.45) is 0. The first-order chi connectivity index (χ1) is 10.6. The molecule has 22 heavy (non-hydrogen) atoms. The van der Waals surface area contributed by atoms with E-state index in [2.05, 4.69) is 60.6 Å². The quantitative estimate of drug-likeness (QED) is 0.599. The molecule has 0 aliphatic heterocycles. The first-order valence-electron chi connectivity index (χ1n) is 6.99. The molecule has 0 unspecified atom stereocenters. The molecule has 118 valence electrons. The number of rotatable bonds is 2. The molecule has 0 saturated heterocycles. The summed E-state index contributed by atoms with van der Waals surface area (Å²) in [6, 6.07) is 18.3. The number of aryl methyl sites for hydroxylation is 2. The number of hydrogen-bond acceptors (Lipinski definition) is 2. The van der Waals surface area contributed by atoms with E-state index in [9.17, 15) is 0 Å². The summed E-state index contributed by atoms with van der Waals surface area (Å²) in [4.78, 5) is 4.38. The topological polar surface area (TPSA) is 59.6 Å². The zero-order chi connectivity index (χ0) is 15.9. The van der Waals surface area contributed by atoms with E-state index in [-0.39, 0.29) is 0 Å². The molecule has 0 fully saturated rings. The van der Waals surface area contributed by atoms with E-state index in [1.807, 2.05) is 42.1 Å². The standard InChI is InChI=1S/C9H9N3.C8H11N.Pt/c1-12-7-10-9(11-12)8-5-3-2-4-6-8;1-7-2-4-8(6-9)5-3-7;/h2-6H,1H3,(H,10,11);2-5H,6,9H2,1H3;. The van der Waals surface area contributed by atoms with Crippen molar-refractivity contribution in [2.24, 2.45) is 12.8 Å². The van der Waals surface area contributed by atoms with E-state index in [1.54, 1.807) is 0 Å². The first-order valence-corrected chi connectivity index (χ1v) is 8.13. The molecule has 1 aromatic heterocycles. The monoisotopic (exact) mass is 475 g/mol. The van der Waals surface area contributed by atoms with Crippen LogP contribution in [0.1, 0.15) is 11.1 Å². The Morgan fingerprint density at radius 1 is 1.09 bits per heavy atom. The molecular formula is C17H20N4Pt. The minimum absolute atomic E-state index is 0.639. The molecule has 0 spiro atoms. The molecule has 1 heterocycles. The van der Waals surface area contributed by atoms with Gasteiger partial charge >= 0.3 is 86.7 Å². The van der Waals surface area contributed by atoms with E-state index in [0.717, 1.165) is 15.2 Å². The fraction of sp³-hybridized carbons (Fsp3) is 0.176. The second-order valence-electron chi connectivity index (χ2n) is 4.93. The predicted molar refractivity (Wildman–Crippen MR) is 85.3 cm³/mol. The van der Waals surface area contributed by atoms with E-state index in [4.69, 9.17) is 5.73 Å². The van der Waals surface area contributed by atoms with E-state index < -0.39 is 0 Å². The number of aromatic amines is 1. The Hall–Kier alpha value is -1.77. The van der Waals surface area contributed by atoms with Crippen LogP contribution in [-0.2, 0) is 32.9 Å². The Morgan fingerprint density at radius 2 is 1.73 bits per heavy atom. The number of nitrogens with zero attached hydrogens (tertiary/aromatic N) is 2. The van der Waals surface area contributed by atoms with Crippen molar-refractivity contribution in [1.82, 2.24) is 14.8 Å². The molecule has 3 rings (SSSR count). The van der Waals surface area contributed by atoms with Gasteiger partial charge in [0.2, 0.25) is 0 Å². The van der Waals surface area contributed by atoms with Crippen molar-refractivity contribution in [3.63, 3.8) is 0 Å². The van der Waals surface area contributed by atoms with Crippen LogP contribution in [0.15, 0.2) is 54.6 Å². The van der Waals surface area contributed by atoms with Crippen molar-refractivity contribution >= 4 is 0 Å². The van der Waals surface area contributed by atoms with Gasteiger partial charge in [0.25, 0.3) is 0 Å². The van der Waals surface area contributed by atoms with Gasteiger partial charge in [0.05, 0.1) is 0 Å². The Morgan fingerprint density at radius 3 is 2.23 bits per heavy atom. The van der Waals surface area contributed by atoms with Gasteiger partial charge in [0.1, 0.15) is 0 Å². The zero-order valence-corrected chi connectivity index (χ0v) is 15.0. The summed E-state index contributed by atoms with van der Waals surface area (Å²) in [5, 5.41) is 3.16. The van der Waals surface area contributed by atoms with E-state index >= 15 is 0 Å². The van der Waals surface area contributed by atoms with E-state index in [1.165, 1.54) is 11.1 Å². The third-order valence-corrected chi connectivity index (χ3v) is 4.15. The Bertz CT molecular complexity index is 757. The molecule has 0 saturated carbocycles. The van der Waals surface area contributed by atoms with Gasteiger partial charge in [-0.3, -0.25) is 0 Å². The van der Waals surface area contributed by atoms with Gasteiger partial charge < -0.3 is 5.73 Å². The molecule has 0 radical (unpaired) electrons. The van der Waals surface area contributed by atoms with Crippen LogP contribution >= 0.6 is 0 Å². The molecule has 3 N–H and O–H groups in total. The molecular weight excluding hydrogens is 455 g/mol. The number of nitrogens with two attached hydrogens (primary N) is 1. The van der Waals surface area contributed by atoms with E-state index in [0.29, 0.717) is 6.54 Å². The van der Waals surface area contributed by atoms with Crippen LogP contribution in [0.5, 0.6) is 0 Å². The van der Waals surface area contributed by atoms with Gasteiger partial charge in [-0.15, -0.1) is 0 Å². The maximum absolute atomic E-state index is 5.40. The molecule has 3 aromatic rings. The van der Waals surface area contributed by atoms with Crippen molar-refractivity contribution in [3.05, 3.63) is 69.5 Å². The van der Waals surface area contributed by atoms with Crippen LogP contribution in [0.3, 0.4) is 0 Å². The van der Waals surface area contributed by atoms with Gasteiger partial charge in [-0.2, -0.15) is 0 Å². The second kappa shape index (κ2) is 8.02. The average Bonchev–Trinajstić information content (AvgIpc) is 2.89. The fourth-order valence-corrected chi connectivity index (χ4v) is 2.22. The molecule has 0 bridgehead atoms. The molecule has 4 nitrogen and oxygen atoms in total. The normalized spacial score (nSPS) is 10.0. The van der Waals surface area contributed by atoms with Gasteiger partial charge in [-0.1, -0.05) is 29.8 Å². The van der Waals surface area contributed by atoms with Crippen LogP contribution in [0.4, 0.5) is 0 Å². The number of hydrogen-bond donors (Lipinski definition) is 2. The Balaban J connectivity index is 0.000000172. The van der Waals surface area contributed by atoms with Gasteiger partial charge in [-0.05, 0) is 12.5 Å². The minimum atomic E-state index is 0.639.